The highest BCUT2D eigenvalue weighted by atomic mass is 32.2. The van der Waals surface area contributed by atoms with Gasteiger partial charge in [-0.2, -0.15) is 0 Å². The van der Waals surface area contributed by atoms with E-state index in [0.29, 0.717) is 28.3 Å². The molecule has 1 N–H and O–H groups in total. The van der Waals surface area contributed by atoms with E-state index in [1.165, 1.54) is 6.07 Å². The number of benzene rings is 3. The highest BCUT2D eigenvalue weighted by Gasteiger charge is 2.20. The van der Waals surface area contributed by atoms with Crippen LogP contribution < -0.4 is 19.1 Å². The van der Waals surface area contributed by atoms with Gasteiger partial charge in [0.2, 0.25) is 10.0 Å². The molecule has 0 aliphatic heterocycles. The number of aromatic nitrogens is 1. The van der Waals surface area contributed by atoms with E-state index in [-0.39, 0.29) is 16.4 Å². The van der Waals surface area contributed by atoms with Gasteiger partial charge in [0.05, 0.1) is 34.8 Å². The molecule has 3 aromatic carbocycles. The van der Waals surface area contributed by atoms with Gasteiger partial charge in [0.1, 0.15) is 18.1 Å². The topological polar surface area (TPSA) is 86.6 Å². The van der Waals surface area contributed by atoms with Crippen LogP contribution in [0.25, 0.3) is 10.2 Å². The number of fused-ring (bicyclic) bond motifs is 1. The van der Waals surface area contributed by atoms with Crippen LogP contribution in [0.1, 0.15) is 12.5 Å². The Bertz CT molecular complexity index is 1390. The molecule has 0 aliphatic carbocycles. The summed E-state index contributed by atoms with van der Waals surface area (Å²) >= 11 is 1.04. The molecule has 4 rings (SSSR count). The monoisotopic (exact) mass is 484 g/mol. The van der Waals surface area contributed by atoms with E-state index in [4.69, 9.17) is 9.47 Å². The second-order valence-electron chi connectivity index (χ2n) is 7.58. The Hall–Kier alpha value is -3.14. The Morgan fingerprint density at radius 2 is 1.70 bits per heavy atom. The number of hydrogen-bond acceptors (Lipinski definition) is 6. The molecule has 0 saturated heterocycles. The Labute approximate surface area is 196 Å². The predicted molar refractivity (Wildman–Crippen MR) is 130 cm³/mol. The number of sulfonamides is 1. The molecule has 1 aromatic heterocycles. The molecule has 9 heteroatoms. The maximum absolute atomic E-state index is 12.9. The highest BCUT2D eigenvalue weighted by Crippen LogP contribution is 2.23. The fraction of sp³-hybridized carbons (Fsp3) is 0.208. The SMILES string of the molecule is COc1ccc(OC[C@H](C)NS(=O)(=O)c2ccc3c(c2)sc(=O)n3Cc2ccccc2)cc1. The average molecular weight is 485 g/mol. The van der Waals surface area contributed by atoms with Crippen molar-refractivity contribution in [2.75, 3.05) is 13.7 Å². The molecular weight excluding hydrogens is 460 g/mol. The van der Waals surface area contributed by atoms with Crippen molar-refractivity contribution in [3.05, 3.63) is 88.0 Å². The minimum atomic E-state index is -3.78. The van der Waals surface area contributed by atoms with Crippen LogP contribution in [-0.2, 0) is 16.6 Å². The molecule has 0 spiro atoms. The minimum absolute atomic E-state index is 0.111. The van der Waals surface area contributed by atoms with Crippen molar-refractivity contribution < 1.29 is 17.9 Å². The fourth-order valence-corrected chi connectivity index (χ4v) is 5.65. The Morgan fingerprint density at radius 1 is 1.00 bits per heavy atom. The molecule has 1 atom stereocenters. The van der Waals surface area contributed by atoms with Gasteiger partial charge in [0.15, 0.2) is 0 Å². The van der Waals surface area contributed by atoms with E-state index in [1.807, 2.05) is 30.3 Å². The molecular formula is C24H24N2O5S2. The van der Waals surface area contributed by atoms with Gasteiger partial charge in [-0.15, -0.1) is 0 Å². The summed E-state index contributed by atoms with van der Waals surface area (Å²) in [6.45, 7) is 2.33. The van der Waals surface area contributed by atoms with Gasteiger partial charge in [-0.25, -0.2) is 13.1 Å². The van der Waals surface area contributed by atoms with Crippen LogP contribution in [-0.4, -0.2) is 32.7 Å². The second kappa shape index (κ2) is 9.78. The van der Waals surface area contributed by atoms with E-state index in [0.717, 1.165) is 16.9 Å². The summed E-state index contributed by atoms with van der Waals surface area (Å²) in [7, 11) is -2.20. The molecule has 0 radical (unpaired) electrons. The number of methoxy groups -OCH3 is 1. The molecule has 1 heterocycles. The predicted octanol–water partition coefficient (Wildman–Crippen LogP) is 3.87. The normalized spacial score (nSPS) is 12.5. The molecule has 4 aromatic rings. The van der Waals surface area contributed by atoms with Crippen molar-refractivity contribution in [3.63, 3.8) is 0 Å². The first-order valence-corrected chi connectivity index (χ1v) is 12.6. The Kier molecular flexibility index (Phi) is 6.83. The second-order valence-corrected chi connectivity index (χ2v) is 10.3. The number of hydrogen-bond donors (Lipinski definition) is 1. The zero-order valence-electron chi connectivity index (χ0n) is 18.2. The van der Waals surface area contributed by atoms with Crippen LogP contribution in [0.4, 0.5) is 0 Å². The summed E-state index contributed by atoms with van der Waals surface area (Å²) in [6.07, 6.45) is 0. The van der Waals surface area contributed by atoms with Gasteiger partial charge in [-0.1, -0.05) is 41.7 Å². The number of nitrogens with zero attached hydrogens (tertiary/aromatic N) is 1. The van der Waals surface area contributed by atoms with E-state index in [2.05, 4.69) is 4.72 Å². The van der Waals surface area contributed by atoms with Gasteiger partial charge >= 0.3 is 4.87 Å². The third-order valence-corrected chi connectivity index (χ3v) is 7.58. The third-order valence-electron chi connectivity index (χ3n) is 5.05. The number of ether oxygens (including phenoxy) is 2. The molecule has 7 nitrogen and oxygen atoms in total. The Morgan fingerprint density at radius 3 is 2.39 bits per heavy atom. The zero-order chi connectivity index (χ0) is 23.4. The smallest absolute Gasteiger partial charge is 0.308 e. The van der Waals surface area contributed by atoms with Crippen LogP contribution >= 0.6 is 11.3 Å². The number of thiazole rings is 1. The van der Waals surface area contributed by atoms with Crippen molar-refractivity contribution in [2.45, 2.75) is 24.4 Å². The quantitative estimate of drug-likeness (QED) is 0.390. The molecule has 0 fully saturated rings. The van der Waals surface area contributed by atoms with Crippen molar-refractivity contribution in [1.82, 2.24) is 9.29 Å². The van der Waals surface area contributed by atoms with Crippen molar-refractivity contribution in [1.29, 1.82) is 0 Å². The maximum atomic E-state index is 12.9. The first kappa shape index (κ1) is 23.0. The molecule has 0 unspecified atom stereocenters. The van der Waals surface area contributed by atoms with Crippen molar-refractivity contribution in [3.8, 4) is 11.5 Å². The van der Waals surface area contributed by atoms with Crippen LogP contribution in [0.3, 0.4) is 0 Å². The van der Waals surface area contributed by atoms with Gasteiger partial charge in [0.25, 0.3) is 0 Å². The van der Waals surface area contributed by atoms with Crippen LogP contribution in [0.5, 0.6) is 11.5 Å². The molecule has 0 bridgehead atoms. The molecule has 0 amide bonds. The van der Waals surface area contributed by atoms with E-state index < -0.39 is 16.1 Å². The lowest BCUT2D eigenvalue weighted by atomic mass is 10.2. The van der Waals surface area contributed by atoms with Crippen LogP contribution in [0, 0.1) is 0 Å². The van der Waals surface area contributed by atoms with E-state index in [1.54, 1.807) is 55.0 Å². The molecule has 172 valence electrons. The van der Waals surface area contributed by atoms with E-state index >= 15 is 0 Å². The summed E-state index contributed by atoms with van der Waals surface area (Å²) in [4.78, 5) is 12.5. The average Bonchev–Trinajstić information content (AvgIpc) is 3.12. The largest absolute Gasteiger partial charge is 0.497 e. The molecule has 33 heavy (non-hydrogen) atoms. The Balaban J connectivity index is 1.47. The first-order chi connectivity index (χ1) is 15.9. The number of rotatable bonds is 9. The highest BCUT2D eigenvalue weighted by molar-refractivity contribution is 7.89. The van der Waals surface area contributed by atoms with Crippen molar-refractivity contribution in [2.24, 2.45) is 0 Å². The minimum Gasteiger partial charge on any atom is -0.497 e. The lowest BCUT2D eigenvalue weighted by Gasteiger charge is -2.15. The van der Waals surface area contributed by atoms with Gasteiger partial charge < -0.3 is 9.47 Å². The summed E-state index contributed by atoms with van der Waals surface area (Å²) < 4.78 is 41.5. The van der Waals surface area contributed by atoms with Gasteiger partial charge in [0, 0.05) is 0 Å². The van der Waals surface area contributed by atoms with Gasteiger partial charge in [-0.3, -0.25) is 9.36 Å². The van der Waals surface area contributed by atoms with Crippen molar-refractivity contribution >= 4 is 31.6 Å². The van der Waals surface area contributed by atoms with Gasteiger partial charge in [-0.05, 0) is 55.0 Å². The summed E-state index contributed by atoms with van der Waals surface area (Å²) in [6, 6.07) is 21.0. The van der Waals surface area contributed by atoms with Crippen LogP contribution in [0.15, 0.2) is 82.5 Å². The first-order valence-electron chi connectivity index (χ1n) is 10.3. The number of nitrogens with one attached hydrogen (secondary N) is 1. The lowest BCUT2D eigenvalue weighted by Crippen LogP contribution is -2.36. The summed E-state index contributed by atoms with van der Waals surface area (Å²) in [5.41, 5.74) is 1.71. The maximum Gasteiger partial charge on any atom is 0.308 e. The molecule has 0 saturated carbocycles. The summed E-state index contributed by atoms with van der Waals surface area (Å²) in [5, 5.41) is 0. The summed E-state index contributed by atoms with van der Waals surface area (Å²) in [5.74, 6) is 1.33. The fourth-order valence-electron chi connectivity index (χ4n) is 3.39. The zero-order valence-corrected chi connectivity index (χ0v) is 19.9. The van der Waals surface area contributed by atoms with Crippen LogP contribution in [0.2, 0.25) is 0 Å². The third kappa shape index (κ3) is 5.44. The standard InChI is InChI=1S/C24H24N2O5S2/c1-17(16-31-20-10-8-19(30-2)9-11-20)25-33(28,29)21-12-13-22-23(14-21)32-24(27)26(22)15-18-6-4-3-5-7-18/h3-14,17,25H,15-16H2,1-2H3/t17-/m0/s1. The lowest BCUT2D eigenvalue weighted by molar-refractivity contribution is 0.287. The van der Waals surface area contributed by atoms with E-state index in [9.17, 15) is 13.2 Å². The molecule has 0 aliphatic rings.